The number of sulfonamides is 1. The van der Waals surface area contributed by atoms with Crippen LogP contribution in [0.1, 0.15) is 60.5 Å². The molecule has 0 spiro atoms. The summed E-state index contributed by atoms with van der Waals surface area (Å²) in [6, 6.07) is 22.3. The lowest BCUT2D eigenvalue weighted by Crippen LogP contribution is -2.57. The van der Waals surface area contributed by atoms with Crippen molar-refractivity contribution >= 4 is 51.3 Å². The first-order valence-corrected chi connectivity index (χ1v) is 17.6. The monoisotopic (exact) mass is 674 g/mol. The molecule has 2 atom stereocenters. The zero-order chi connectivity index (χ0) is 31.2. The first kappa shape index (κ1) is 35.0. The maximum Gasteiger partial charge on any atom is 0.251 e. The fourth-order valence-corrected chi connectivity index (χ4v) is 8.03. The average Bonchev–Trinajstić information content (AvgIpc) is 2.98. The average molecular weight is 676 g/mol. The second-order valence-electron chi connectivity index (χ2n) is 12.1. The molecule has 45 heavy (non-hydrogen) atoms. The molecule has 0 radical (unpaired) electrons. The summed E-state index contributed by atoms with van der Waals surface area (Å²) >= 11 is 6.24. The first-order chi connectivity index (χ1) is 21.2. The van der Waals surface area contributed by atoms with Crippen LogP contribution in [0.5, 0.6) is 0 Å². The normalized spacial score (nSPS) is 18.2. The molecule has 0 unspecified atom stereocenters. The third-order valence-corrected chi connectivity index (χ3v) is 10.8. The van der Waals surface area contributed by atoms with Crippen molar-refractivity contribution in [3.05, 3.63) is 94.5 Å². The summed E-state index contributed by atoms with van der Waals surface area (Å²) in [5.41, 5.74) is 3.51. The number of nitrogens with zero attached hydrogens (tertiary/aromatic N) is 1. The van der Waals surface area contributed by atoms with Gasteiger partial charge in [-0.15, -0.1) is 12.4 Å². The molecule has 5 rings (SSSR count). The SMILES string of the molecule is CCNc1cc(C(=O)N[C@@H](Cc2ccccc2)[C@H](O)CNC2(Cc3cccc(Cl)c3)CCC2)cc(N2CCCCS2(=O)=O)c1.Cl. The lowest BCUT2D eigenvalue weighted by Gasteiger charge is -2.44. The van der Waals surface area contributed by atoms with Crippen molar-refractivity contribution in [2.45, 2.75) is 69.6 Å². The molecule has 2 fully saturated rings. The second kappa shape index (κ2) is 15.6. The number of hydrogen-bond donors (Lipinski definition) is 4. The van der Waals surface area contributed by atoms with Crippen LogP contribution >= 0.6 is 24.0 Å². The highest BCUT2D eigenvalue weighted by molar-refractivity contribution is 7.92. The Hall–Kier alpha value is -2.82. The molecule has 0 bridgehead atoms. The Labute approximate surface area is 278 Å². The van der Waals surface area contributed by atoms with Gasteiger partial charge in [-0.2, -0.15) is 0 Å². The van der Waals surface area contributed by atoms with Crippen molar-refractivity contribution in [1.29, 1.82) is 0 Å². The number of anilines is 2. The summed E-state index contributed by atoms with van der Waals surface area (Å²) in [5.74, 6) is -0.269. The number of hydrogen-bond acceptors (Lipinski definition) is 6. The summed E-state index contributed by atoms with van der Waals surface area (Å²) < 4.78 is 27.2. The number of aliphatic hydroxyl groups is 1. The number of carbonyl (C=O) groups is 1. The zero-order valence-corrected chi connectivity index (χ0v) is 28.1. The van der Waals surface area contributed by atoms with E-state index in [0.29, 0.717) is 54.4 Å². The van der Waals surface area contributed by atoms with Crippen molar-refractivity contribution in [3.63, 3.8) is 0 Å². The van der Waals surface area contributed by atoms with Crippen molar-refractivity contribution < 1.29 is 18.3 Å². The van der Waals surface area contributed by atoms with Crippen molar-refractivity contribution in [3.8, 4) is 0 Å². The Bertz CT molecular complexity index is 1540. The van der Waals surface area contributed by atoms with Crippen LogP contribution in [0.2, 0.25) is 5.02 Å². The number of carbonyl (C=O) groups excluding carboxylic acids is 1. The van der Waals surface area contributed by atoms with Crippen LogP contribution in [0.15, 0.2) is 72.8 Å². The van der Waals surface area contributed by atoms with E-state index in [4.69, 9.17) is 11.6 Å². The number of nitrogens with one attached hydrogen (secondary N) is 3. The molecule has 0 aromatic heterocycles. The third kappa shape index (κ3) is 9.14. The Kier molecular flexibility index (Phi) is 12.2. The summed E-state index contributed by atoms with van der Waals surface area (Å²) in [6.07, 6.45) is 4.91. The second-order valence-corrected chi connectivity index (χ2v) is 14.5. The number of rotatable bonds is 13. The Morgan fingerprint density at radius 2 is 1.76 bits per heavy atom. The van der Waals surface area contributed by atoms with Gasteiger partial charge >= 0.3 is 0 Å². The van der Waals surface area contributed by atoms with Gasteiger partial charge in [-0.1, -0.05) is 54.1 Å². The van der Waals surface area contributed by atoms with E-state index in [9.17, 15) is 18.3 Å². The van der Waals surface area contributed by atoms with Crippen LogP contribution in [-0.2, 0) is 22.9 Å². The topological polar surface area (TPSA) is 111 Å². The van der Waals surface area contributed by atoms with Crippen molar-refractivity contribution in [2.75, 3.05) is 35.0 Å². The molecular weight excluding hydrogens is 631 g/mol. The highest BCUT2D eigenvalue weighted by Gasteiger charge is 2.38. The van der Waals surface area contributed by atoms with Crippen molar-refractivity contribution in [1.82, 2.24) is 10.6 Å². The molecule has 1 saturated heterocycles. The Morgan fingerprint density at radius 3 is 2.42 bits per heavy atom. The molecule has 1 saturated carbocycles. The van der Waals surface area contributed by atoms with Gasteiger partial charge in [0, 0.05) is 41.4 Å². The molecule has 244 valence electrons. The quantitative estimate of drug-likeness (QED) is 0.188. The predicted octanol–water partition coefficient (Wildman–Crippen LogP) is 5.58. The molecule has 8 nitrogen and oxygen atoms in total. The van der Waals surface area contributed by atoms with Crippen LogP contribution in [0, 0.1) is 0 Å². The van der Waals surface area contributed by atoms with Crippen LogP contribution in [0.4, 0.5) is 11.4 Å². The summed E-state index contributed by atoms with van der Waals surface area (Å²) in [6.45, 7) is 3.27. The van der Waals surface area contributed by atoms with Crippen LogP contribution < -0.4 is 20.3 Å². The smallest absolute Gasteiger partial charge is 0.251 e. The van der Waals surface area contributed by atoms with E-state index < -0.39 is 22.2 Å². The molecule has 3 aromatic carbocycles. The molecule has 3 aromatic rings. The molecule has 1 amide bonds. The fraction of sp³-hybridized carbons (Fsp3) is 0.441. The van der Waals surface area contributed by atoms with Crippen LogP contribution in [0.25, 0.3) is 0 Å². The van der Waals surface area contributed by atoms with Crippen LogP contribution in [-0.4, -0.2) is 62.5 Å². The Morgan fingerprint density at radius 1 is 1.00 bits per heavy atom. The summed E-state index contributed by atoms with van der Waals surface area (Å²) in [7, 11) is -3.45. The van der Waals surface area contributed by atoms with Gasteiger partial charge < -0.3 is 21.1 Å². The van der Waals surface area contributed by atoms with Gasteiger partial charge in [-0.05, 0) is 93.3 Å². The van der Waals surface area contributed by atoms with E-state index in [1.807, 2.05) is 55.5 Å². The van der Waals surface area contributed by atoms with Gasteiger partial charge in [-0.3, -0.25) is 9.10 Å². The van der Waals surface area contributed by atoms with Gasteiger partial charge in [0.15, 0.2) is 0 Å². The van der Waals surface area contributed by atoms with E-state index in [1.165, 1.54) is 4.31 Å². The molecule has 4 N–H and O–H groups in total. The number of β-amino-alcohol motifs (C(OH)–C–C–N with tert-alkyl or cyclic N) is 1. The molecule has 2 aliphatic rings. The third-order valence-electron chi connectivity index (χ3n) is 8.71. The minimum atomic E-state index is -3.45. The molecule has 1 aliphatic heterocycles. The molecule has 1 aliphatic carbocycles. The first-order valence-electron chi connectivity index (χ1n) is 15.6. The number of benzene rings is 3. The highest BCUT2D eigenvalue weighted by atomic mass is 35.5. The highest BCUT2D eigenvalue weighted by Crippen LogP contribution is 2.35. The molecule has 1 heterocycles. The van der Waals surface area contributed by atoms with Gasteiger partial charge in [-0.25, -0.2) is 8.42 Å². The minimum Gasteiger partial charge on any atom is -0.390 e. The van der Waals surface area contributed by atoms with Crippen LogP contribution in [0.3, 0.4) is 0 Å². The standard InChI is InChI=1S/C34H43ClN4O4S.ClH/c1-2-36-29-20-27(21-30(22-29)39-16-6-7-17-44(39,42)43)33(41)38-31(19-25-10-4-3-5-11-25)32(40)24-37-34(14-9-15-34)23-26-12-8-13-28(35)18-26;/h3-5,8,10-13,18,20-22,31-32,36-37,40H,2,6-7,9,14-17,19,23-24H2,1H3,(H,38,41);1H/t31-,32+;/m0./s1. The minimum absolute atomic E-state index is 0. The zero-order valence-electron chi connectivity index (χ0n) is 25.7. The maximum atomic E-state index is 13.8. The molecular formula is C34H44Cl2N4O4S. The summed E-state index contributed by atoms with van der Waals surface area (Å²) in [5, 5.41) is 22.2. The van der Waals surface area contributed by atoms with Crippen molar-refractivity contribution in [2.24, 2.45) is 0 Å². The lowest BCUT2D eigenvalue weighted by molar-refractivity contribution is 0.0760. The van der Waals surface area contributed by atoms with E-state index in [0.717, 1.165) is 43.2 Å². The Balaban J connectivity index is 0.00000461. The predicted molar refractivity (Wildman–Crippen MR) is 185 cm³/mol. The number of amides is 1. The number of halogens is 2. The summed E-state index contributed by atoms with van der Waals surface area (Å²) in [4.78, 5) is 13.8. The fourth-order valence-electron chi connectivity index (χ4n) is 6.19. The van der Waals surface area contributed by atoms with Gasteiger partial charge in [0.2, 0.25) is 10.0 Å². The number of aliphatic hydroxyl groups excluding tert-OH is 1. The van der Waals surface area contributed by atoms with E-state index >= 15 is 0 Å². The maximum absolute atomic E-state index is 13.8. The van der Waals surface area contributed by atoms with Gasteiger partial charge in [0.05, 0.1) is 23.6 Å². The largest absolute Gasteiger partial charge is 0.390 e. The van der Waals surface area contributed by atoms with Gasteiger partial charge in [0.25, 0.3) is 5.91 Å². The van der Waals surface area contributed by atoms with Gasteiger partial charge in [0.1, 0.15) is 0 Å². The van der Waals surface area contributed by atoms with E-state index in [1.54, 1.807) is 18.2 Å². The molecule has 11 heteroatoms. The lowest BCUT2D eigenvalue weighted by atomic mass is 9.72. The van der Waals surface area contributed by atoms with E-state index in [2.05, 4.69) is 22.0 Å². The van der Waals surface area contributed by atoms with E-state index in [-0.39, 0.29) is 29.6 Å².